The number of allylic oxidation sites excluding steroid dienone is 2. The molecule has 0 aliphatic carbocycles. The van der Waals surface area contributed by atoms with Crippen molar-refractivity contribution in [2.45, 2.75) is 33.1 Å². The summed E-state index contributed by atoms with van der Waals surface area (Å²) in [6.07, 6.45) is 7.38. The predicted molar refractivity (Wildman–Crippen MR) is 111 cm³/mol. The molecule has 0 spiro atoms. The van der Waals surface area contributed by atoms with E-state index in [0.29, 0.717) is 0 Å². The number of rotatable bonds is 6. The quantitative estimate of drug-likeness (QED) is 0.416. The molecule has 0 atom stereocenters. The van der Waals surface area contributed by atoms with Gasteiger partial charge in [-0.05, 0) is 31.9 Å². The van der Waals surface area contributed by atoms with E-state index in [9.17, 15) is 0 Å². The van der Waals surface area contributed by atoms with Gasteiger partial charge in [-0.1, -0.05) is 25.1 Å². The predicted octanol–water partition coefficient (Wildman–Crippen LogP) is 6.02. The van der Waals surface area contributed by atoms with Crippen LogP contribution in [0.5, 0.6) is 0 Å². The lowest BCUT2D eigenvalue weighted by Crippen LogP contribution is -1.86. The van der Waals surface area contributed by atoms with E-state index in [-0.39, 0.29) is 0 Å². The van der Waals surface area contributed by atoms with Crippen molar-refractivity contribution in [2.75, 3.05) is 0 Å². The fraction of sp³-hybridized carbons (Fsp3) is 0.250. The Labute approximate surface area is 160 Å². The standard InChI is InChI=1S/C20H20N4S2/c1-3-4-5-6-7-17-23-18(19(24-17)20-22-13(2)11-25-20)14-8-9-15-16(10-14)26-12-21-15/h4-5,8-12H,3,6-7H2,1-2H3,(H,23,24)/b5-4-. The zero-order valence-electron chi connectivity index (χ0n) is 14.8. The third-order valence-electron chi connectivity index (χ3n) is 4.14. The minimum Gasteiger partial charge on any atom is -0.341 e. The fourth-order valence-electron chi connectivity index (χ4n) is 2.88. The topological polar surface area (TPSA) is 54.5 Å². The first-order valence-electron chi connectivity index (χ1n) is 8.74. The smallest absolute Gasteiger partial charge is 0.144 e. The molecule has 1 aromatic carbocycles. The third-order valence-corrected chi connectivity index (χ3v) is 5.90. The van der Waals surface area contributed by atoms with Crippen LogP contribution in [0.3, 0.4) is 0 Å². The van der Waals surface area contributed by atoms with Crippen LogP contribution >= 0.6 is 22.7 Å². The van der Waals surface area contributed by atoms with Crippen molar-refractivity contribution in [3.8, 4) is 22.0 Å². The average molecular weight is 381 g/mol. The van der Waals surface area contributed by atoms with Gasteiger partial charge in [0.1, 0.15) is 16.5 Å². The highest BCUT2D eigenvalue weighted by molar-refractivity contribution is 7.16. The van der Waals surface area contributed by atoms with Gasteiger partial charge >= 0.3 is 0 Å². The molecule has 6 heteroatoms. The molecule has 0 unspecified atom stereocenters. The van der Waals surface area contributed by atoms with Gasteiger partial charge in [0.2, 0.25) is 0 Å². The van der Waals surface area contributed by atoms with Crippen LogP contribution in [-0.2, 0) is 6.42 Å². The number of aromatic amines is 1. The molecular weight excluding hydrogens is 360 g/mol. The SMILES string of the molecule is CC/C=C\CCc1nc(-c2nc(C)cs2)c(-c2ccc3ncsc3c2)[nH]1. The van der Waals surface area contributed by atoms with Gasteiger partial charge < -0.3 is 4.98 Å². The van der Waals surface area contributed by atoms with E-state index in [0.717, 1.165) is 58.3 Å². The Kier molecular flexibility index (Phi) is 4.95. The van der Waals surface area contributed by atoms with Crippen LogP contribution in [0.1, 0.15) is 31.3 Å². The van der Waals surface area contributed by atoms with Gasteiger partial charge in [0.15, 0.2) is 0 Å². The second-order valence-electron chi connectivity index (χ2n) is 6.15. The molecule has 4 aromatic rings. The lowest BCUT2D eigenvalue weighted by atomic mass is 10.1. The van der Waals surface area contributed by atoms with Gasteiger partial charge in [0.25, 0.3) is 0 Å². The maximum Gasteiger partial charge on any atom is 0.144 e. The molecule has 0 saturated heterocycles. The van der Waals surface area contributed by atoms with Crippen LogP contribution < -0.4 is 0 Å². The minimum absolute atomic E-state index is 0.899. The molecule has 0 radical (unpaired) electrons. The molecule has 0 bridgehead atoms. The van der Waals surface area contributed by atoms with E-state index in [1.807, 2.05) is 12.4 Å². The molecule has 132 valence electrons. The number of aryl methyl sites for hydroxylation is 2. The van der Waals surface area contributed by atoms with E-state index >= 15 is 0 Å². The molecule has 1 N–H and O–H groups in total. The van der Waals surface area contributed by atoms with Gasteiger partial charge in [0.05, 0.1) is 21.4 Å². The molecular formula is C20H20N4S2. The van der Waals surface area contributed by atoms with Gasteiger partial charge in [0, 0.05) is 23.1 Å². The molecule has 4 rings (SSSR count). The first-order chi connectivity index (χ1) is 12.7. The Morgan fingerprint density at radius 2 is 2.08 bits per heavy atom. The molecule has 0 fully saturated rings. The number of imidazole rings is 1. The van der Waals surface area contributed by atoms with Crippen molar-refractivity contribution in [3.63, 3.8) is 0 Å². The molecule has 26 heavy (non-hydrogen) atoms. The van der Waals surface area contributed by atoms with E-state index in [1.165, 1.54) is 4.70 Å². The second-order valence-corrected chi connectivity index (χ2v) is 7.90. The number of H-pyrrole nitrogens is 1. The third kappa shape index (κ3) is 3.48. The van der Waals surface area contributed by atoms with Crippen molar-refractivity contribution in [3.05, 3.63) is 52.8 Å². The summed E-state index contributed by atoms with van der Waals surface area (Å²) >= 11 is 3.31. The van der Waals surface area contributed by atoms with Crippen molar-refractivity contribution in [1.82, 2.24) is 19.9 Å². The zero-order chi connectivity index (χ0) is 17.9. The monoisotopic (exact) mass is 380 g/mol. The Morgan fingerprint density at radius 1 is 1.15 bits per heavy atom. The first-order valence-corrected chi connectivity index (χ1v) is 10.5. The number of nitrogens with one attached hydrogen (secondary N) is 1. The van der Waals surface area contributed by atoms with Gasteiger partial charge in [-0.2, -0.15) is 0 Å². The normalized spacial score (nSPS) is 11.8. The maximum atomic E-state index is 4.88. The Bertz CT molecular complexity index is 1050. The zero-order valence-corrected chi connectivity index (χ0v) is 16.5. The van der Waals surface area contributed by atoms with Crippen molar-refractivity contribution in [2.24, 2.45) is 0 Å². The summed E-state index contributed by atoms with van der Waals surface area (Å²) in [6.45, 7) is 4.17. The van der Waals surface area contributed by atoms with Crippen molar-refractivity contribution in [1.29, 1.82) is 0 Å². The van der Waals surface area contributed by atoms with E-state index in [4.69, 9.17) is 4.98 Å². The molecule has 0 amide bonds. The summed E-state index contributed by atoms with van der Waals surface area (Å²) in [7, 11) is 0. The summed E-state index contributed by atoms with van der Waals surface area (Å²) in [6, 6.07) is 6.37. The fourth-order valence-corrected chi connectivity index (χ4v) is 4.39. The van der Waals surface area contributed by atoms with Crippen LogP contribution in [-0.4, -0.2) is 19.9 Å². The van der Waals surface area contributed by atoms with E-state index in [2.05, 4.69) is 57.6 Å². The number of fused-ring (bicyclic) bond motifs is 1. The Balaban J connectivity index is 1.75. The highest BCUT2D eigenvalue weighted by Crippen LogP contribution is 2.34. The molecule has 4 nitrogen and oxygen atoms in total. The molecule has 0 aliphatic rings. The van der Waals surface area contributed by atoms with E-state index < -0.39 is 0 Å². The van der Waals surface area contributed by atoms with Gasteiger partial charge in [-0.15, -0.1) is 22.7 Å². The molecule has 0 saturated carbocycles. The largest absolute Gasteiger partial charge is 0.341 e. The van der Waals surface area contributed by atoms with Crippen LogP contribution in [0.4, 0.5) is 0 Å². The van der Waals surface area contributed by atoms with Crippen LogP contribution in [0, 0.1) is 6.92 Å². The summed E-state index contributed by atoms with van der Waals surface area (Å²) in [4.78, 5) is 17.5. The summed E-state index contributed by atoms with van der Waals surface area (Å²) in [5.41, 5.74) is 7.08. The lowest BCUT2D eigenvalue weighted by Gasteiger charge is -2.01. The highest BCUT2D eigenvalue weighted by Gasteiger charge is 2.17. The first kappa shape index (κ1) is 17.1. The van der Waals surface area contributed by atoms with Crippen molar-refractivity contribution >= 4 is 32.9 Å². The Hall–Kier alpha value is -2.31. The number of hydrogen-bond donors (Lipinski definition) is 1. The van der Waals surface area contributed by atoms with Crippen LogP contribution in [0.25, 0.3) is 32.2 Å². The minimum atomic E-state index is 0.899. The number of hydrogen-bond acceptors (Lipinski definition) is 5. The van der Waals surface area contributed by atoms with Crippen LogP contribution in [0.15, 0.2) is 41.2 Å². The average Bonchev–Trinajstić information content (AvgIpc) is 3.37. The summed E-state index contributed by atoms with van der Waals surface area (Å²) in [5.74, 6) is 1.01. The summed E-state index contributed by atoms with van der Waals surface area (Å²) < 4.78 is 1.19. The summed E-state index contributed by atoms with van der Waals surface area (Å²) in [5, 5.41) is 3.04. The van der Waals surface area contributed by atoms with Crippen molar-refractivity contribution < 1.29 is 0 Å². The van der Waals surface area contributed by atoms with E-state index in [1.54, 1.807) is 22.7 Å². The van der Waals surface area contributed by atoms with Gasteiger partial charge in [-0.3, -0.25) is 0 Å². The lowest BCUT2D eigenvalue weighted by molar-refractivity contribution is 0.907. The number of nitrogens with zero attached hydrogens (tertiary/aromatic N) is 3. The number of thiazole rings is 2. The maximum absolute atomic E-state index is 4.88. The molecule has 3 heterocycles. The Morgan fingerprint density at radius 3 is 2.88 bits per heavy atom. The number of aromatic nitrogens is 4. The molecule has 3 aromatic heterocycles. The van der Waals surface area contributed by atoms with Crippen LogP contribution in [0.2, 0.25) is 0 Å². The van der Waals surface area contributed by atoms with Gasteiger partial charge in [-0.25, -0.2) is 15.0 Å². The molecule has 0 aliphatic heterocycles. The number of benzene rings is 1. The highest BCUT2D eigenvalue weighted by atomic mass is 32.1. The second kappa shape index (κ2) is 7.51.